The fourth-order valence-electron chi connectivity index (χ4n) is 2.17. The summed E-state index contributed by atoms with van der Waals surface area (Å²) in [6.45, 7) is 3.96. The van der Waals surface area contributed by atoms with Gasteiger partial charge in [-0.2, -0.15) is 15.0 Å². The number of nitrogens with one attached hydrogen (secondary N) is 1. The van der Waals surface area contributed by atoms with E-state index in [0.717, 1.165) is 24.5 Å². The first-order chi connectivity index (χ1) is 9.86. The van der Waals surface area contributed by atoms with E-state index in [1.54, 1.807) is 17.2 Å². The minimum absolute atomic E-state index is 0.820. The highest BCUT2D eigenvalue weighted by Crippen LogP contribution is 2.13. The summed E-state index contributed by atoms with van der Waals surface area (Å²) in [6.07, 6.45) is 5.44. The topological polar surface area (TPSA) is 47.7 Å². The lowest BCUT2D eigenvalue weighted by molar-refractivity contribution is 0.724. The van der Waals surface area contributed by atoms with Gasteiger partial charge in [-0.05, 0) is 43.3 Å². The summed E-state index contributed by atoms with van der Waals surface area (Å²) in [6, 6.07) is 12.3. The molecule has 0 spiro atoms. The second-order valence-corrected chi connectivity index (χ2v) is 4.50. The molecule has 2 heterocycles. The van der Waals surface area contributed by atoms with E-state index in [4.69, 9.17) is 0 Å². The van der Waals surface area contributed by atoms with Gasteiger partial charge >= 0.3 is 0 Å². The maximum absolute atomic E-state index is 4.11. The van der Waals surface area contributed by atoms with Crippen LogP contribution in [0.25, 0.3) is 5.69 Å². The number of aryl methyl sites for hydroxylation is 1. The van der Waals surface area contributed by atoms with Gasteiger partial charge in [-0.15, -0.1) is 0 Å². The zero-order valence-electron chi connectivity index (χ0n) is 11.4. The van der Waals surface area contributed by atoms with Crippen molar-refractivity contribution in [2.24, 2.45) is 0 Å². The van der Waals surface area contributed by atoms with Crippen LogP contribution in [-0.4, -0.2) is 19.6 Å². The average molecular weight is 267 g/mol. The van der Waals surface area contributed by atoms with Gasteiger partial charge in [-0.25, -0.2) is 0 Å². The van der Waals surface area contributed by atoms with Crippen LogP contribution < -0.4 is 5.32 Å². The summed E-state index contributed by atoms with van der Waals surface area (Å²) in [5.74, 6) is 0. The molecule has 0 saturated carbocycles. The third-order valence-electron chi connectivity index (χ3n) is 3.25. The van der Waals surface area contributed by atoms with E-state index in [2.05, 4.69) is 45.3 Å². The molecule has 3 aromatic rings. The van der Waals surface area contributed by atoms with Crippen LogP contribution in [0, 0.1) is 0 Å². The molecule has 0 fully saturated rings. The summed E-state index contributed by atoms with van der Waals surface area (Å²) in [7, 11) is 0. The number of nitrogens with zero attached hydrogens (tertiary/aromatic N) is 4. The number of hydrogen-bond donors (Lipinski definition) is 1. The van der Waals surface area contributed by atoms with Crippen molar-refractivity contribution in [1.82, 2.24) is 19.6 Å². The van der Waals surface area contributed by atoms with Gasteiger partial charge in [-0.1, -0.05) is 0 Å². The highest BCUT2D eigenvalue weighted by Gasteiger charge is 2.00. The van der Waals surface area contributed by atoms with E-state index in [9.17, 15) is 0 Å². The monoisotopic (exact) mass is 267 g/mol. The molecule has 0 aliphatic rings. The summed E-state index contributed by atoms with van der Waals surface area (Å²) >= 11 is 0. The first-order valence-corrected chi connectivity index (χ1v) is 6.71. The highest BCUT2D eigenvalue weighted by atomic mass is 15.5. The second-order valence-electron chi connectivity index (χ2n) is 4.50. The Morgan fingerprint density at radius 1 is 1.05 bits per heavy atom. The normalized spacial score (nSPS) is 10.7. The third-order valence-corrected chi connectivity index (χ3v) is 3.25. The van der Waals surface area contributed by atoms with E-state index in [1.165, 1.54) is 5.69 Å². The minimum atomic E-state index is 0.820. The van der Waals surface area contributed by atoms with Gasteiger partial charge in [0.2, 0.25) is 0 Å². The number of anilines is 1. The quantitative estimate of drug-likeness (QED) is 0.773. The van der Waals surface area contributed by atoms with E-state index in [0.29, 0.717) is 0 Å². The number of aromatic nitrogens is 4. The molecule has 1 N–H and O–H groups in total. The van der Waals surface area contributed by atoms with Crippen molar-refractivity contribution in [1.29, 1.82) is 0 Å². The lowest BCUT2D eigenvalue weighted by atomic mass is 10.3. The van der Waals surface area contributed by atoms with Crippen molar-refractivity contribution < 1.29 is 0 Å². The Morgan fingerprint density at radius 2 is 1.80 bits per heavy atom. The smallest absolute Gasteiger partial charge is 0.0858 e. The van der Waals surface area contributed by atoms with Crippen LogP contribution in [0.2, 0.25) is 0 Å². The van der Waals surface area contributed by atoms with Crippen LogP contribution in [0.3, 0.4) is 0 Å². The molecule has 0 atom stereocenters. The van der Waals surface area contributed by atoms with Crippen LogP contribution in [0.15, 0.2) is 55.0 Å². The average Bonchev–Trinajstić information content (AvgIpc) is 3.16. The maximum atomic E-state index is 4.11. The summed E-state index contributed by atoms with van der Waals surface area (Å²) in [5.41, 5.74) is 3.33. The van der Waals surface area contributed by atoms with Crippen molar-refractivity contribution in [2.45, 2.75) is 20.0 Å². The zero-order valence-corrected chi connectivity index (χ0v) is 11.4. The molecule has 5 nitrogen and oxygen atoms in total. The van der Waals surface area contributed by atoms with Crippen LogP contribution >= 0.6 is 0 Å². The molecule has 20 heavy (non-hydrogen) atoms. The van der Waals surface area contributed by atoms with E-state index < -0.39 is 0 Å². The van der Waals surface area contributed by atoms with Crippen molar-refractivity contribution in [3.05, 3.63) is 60.7 Å². The molecule has 1 aromatic carbocycles. The van der Waals surface area contributed by atoms with Gasteiger partial charge in [0.25, 0.3) is 0 Å². The predicted molar refractivity (Wildman–Crippen MR) is 78.8 cm³/mol. The summed E-state index contributed by atoms with van der Waals surface area (Å²) in [4.78, 5) is 1.60. The van der Waals surface area contributed by atoms with Crippen molar-refractivity contribution in [3.63, 3.8) is 0 Å². The van der Waals surface area contributed by atoms with Gasteiger partial charge in [0, 0.05) is 24.1 Å². The first kappa shape index (κ1) is 12.5. The lowest BCUT2D eigenvalue weighted by Gasteiger charge is -2.09. The standard InChI is InChI=1S/C15H17N5/c1-2-19-11-3-4-15(19)12-16-13-5-7-14(8-6-13)20-17-9-10-18-20/h3-11,16H,2,12H2,1H3. The predicted octanol–water partition coefficient (Wildman–Crippen LogP) is 2.70. The van der Waals surface area contributed by atoms with Crippen LogP contribution in [-0.2, 0) is 13.1 Å². The van der Waals surface area contributed by atoms with E-state index >= 15 is 0 Å². The molecule has 0 bridgehead atoms. The SMILES string of the molecule is CCn1cccc1CNc1ccc(-n2nccn2)cc1. The molecule has 0 unspecified atom stereocenters. The van der Waals surface area contributed by atoms with Gasteiger partial charge in [0.05, 0.1) is 24.6 Å². The fourth-order valence-corrected chi connectivity index (χ4v) is 2.17. The van der Waals surface area contributed by atoms with Gasteiger partial charge in [0.1, 0.15) is 0 Å². The number of hydrogen-bond acceptors (Lipinski definition) is 3. The summed E-state index contributed by atoms with van der Waals surface area (Å²) < 4.78 is 2.23. The largest absolute Gasteiger partial charge is 0.379 e. The molecular formula is C15H17N5. The molecule has 3 rings (SSSR count). The molecule has 0 radical (unpaired) electrons. The Hall–Kier alpha value is -2.56. The molecule has 102 valence electrons. The Morgan fingerprint density at radius 3 is 2.50 bits per heavy atom. The van der Waals surface area contributed by atoms with Crippen LogP contribution in [0.5, 0.6) is 0 Å². The molecule has 2 aromatic heterocycles. The highest BCUT2D eigenvalue weighted by molar-refractivity contribution is 5.48. The molecule has 0 saturated heterocycles. The van der Waals surface area contributed by atoms with Gasteiger partial charge in [0.15, 0.2) is 0 Å². The van der Waals surface area contributed by atoms with Crippen LogP contribution in [0.1, 0.15) is 12.6 Å². The van der Waals surface area contributed by atoms with E-state index in [1.807, 2.05) is 24.3 Å². The molecule has 0 aliphatic heterocycles. The molecule has 5 heteroatoms. The van der Waals surface area contributed by atoms with Crippen molar-refractivity contribution in [3.8, 4) is 5.69 Å². The van der Waals surface area contributed by atoms with Gasteiger partial charge < -0.3 is 9.88 Å². The summed E-state index contributed by atoms with van der Waals surface area (Å²) in [5, 5.41) is 11.6. The van der Waals surface area contributed by atoms with Crippen molar-refractivity contribution in [2.75, 3.05) is 5.32 Å². The Bertz CT molecular complexity index is 652. The molecular weight excluding hydrogens is 250 g/mol. The van der Waals surface area contributed by atoms with Crippen molar-refractivity contribution >= 4 is 5.69 Å². The van der Waals surface area contributed by atoms with E-state index in [-0.39, 0.29) is 0 Å². The van der Waals surface area contributed by atoms with Gasteiger partial charge in [-0.3, -0.25) is 0 Å². The second kappa shape index (κ2) is 5.61. The fraction of sp³-hybridized carbons (Fsp3) is 0.200. The van der Waals surface area contributed by atoms with Crippen LogP contribution in [0.4, 0.5) is 5.69 Å². The molecule has 0 amide bonds. The minimum Gasteiger partial charge on any atom is -0.379 e. The number of rotatable bonds is 5. The molecule has 0 aliphatic carbocycles. The first-order valence-electron chi connectivity index (χ1n) is 6.71. The number of benzene rings is 1. The maximum Gasteiger partial charge on any atom is 0.0858 e. The zero-order chi connectivity index (χ0) is 13.8. The Balaban J connectivity index is 1.67. The lowest BCUT2D eigenvalue weighted by Crippen LogP contribution is -2.06. The Kier molecular flexibility index (Phi) is 3.50. The Labute approximate surface area is 117 Å². The third kappa shape index (κ3) is 2.56.